The van der Waals surface area contributed by atoms with Crippen LogP contribution in [-0.4, -0.2) is 36.7 Å². The van der Waals surface area contributed by atoms with Crippen molar-refractivity contribution in [3.05, 3.63) is 0 Å². The molecule has 0 aliphatic carbocycles. The lowest BCUT2D eigenvalue weighted by Gasteiger charge is -2.14. The molecule has 0 saturated heterocycles. The van der Waals surface area contributed by atoms with Crippen molar-refractivity contribution in [2.75, 3.05) is 24.7 Å². The third-order valence-electron chi connectivity index (χ3n) is 4.50. The van der Waals surface area contributed by atoms with Crippen molar-refractivity contribution >= 4 is 43.4 Å². The first kappa shape index (κ1) is 27.0. The molecule has 0 radical (unpaired) electrons. The van der Waals surface area contributed by atoms with Crippen molar-refractivity contribution in [3.8, 4) is 0 Å². The molecule has 0 aliphatic heterocycles. The summed E-state index contributed by atoms with van der Waals surface area (Å²) in [6, 6.07) is 0. The van der Waals surface area contributed by atoms with Gasteiger partial charge in [-0.25, -0.2) is 0 Å². The fourth-order valence-electron chi connectivity index (χ4n) is 2.48. The fourth-order valence-corrected chi connectivity index (χ4v) is 5.55. The van der Waals surface area contributed by atoms with Crippen LogP contribution in [0.25, 0.3) is 0 Å². The van der Waals surface area contributed by atoms with Gasteiger partial charge in [0.2, 0.25) is 0 Å². The smallest absolute Gasteiger partial charge is 0.316 e. The molecule has 0 bridgehead atoms. The van der Waals surface area contributed by atoms with E-state index in [1.165, 1.54) is 57.1 Å². The zero-order chi connectivity index (χ0) is 20.3. The van der Waals surface area contributed by atoms with E-state index in [9.17, 15) is 9.59 Å². The first-order valence-corrected chi connectivity index (χ1v) is 14.1. The Morgan fingerprint density at radius 3 is 1.48 bits per heavy atom. The first-order chi connectivity index (χ1) is 13.1. The number of unbranched alkanes of at least 4 members (excludes halogenated alkanes) is 2. The van der Waals surface area contributed by atoms with Crippen molar-refractivity contribution in [2.24, 2.45) is 11.8 Å². The van der Waals surface area contributed by atoms with Crippen LogP contribution in [0.3, 0.4) is 0 Å². The molecular formula is C20H38O4S3. The van der Waals surface area contributed by atoms with E-state index in [-0.39, 0.29) is 11.9 Å². The Kier molecular flexibility index (Phi) is 19.3. The van der Waals surface area contributed by atoms with Crippen molar-refractivity contribution < 1.29 is 19.1 Å². The lowest BCUT2D eigenvalue weighted by molar-refractivity contribution is -0.142. The molecule has 0 aromatic heterocycles. The molecule has 0 aromatic rings. The van der Waals surface area contributed by atoms with Gasteiger partial charge in [0.05, 0.1) is 13.2 Å². The van der Waals surface area contributed by atoms with Crippen molar-refractivity contribution in [1.29, 1.82) is 0 Å². The second-order valence-electron chi connectivity index (χ2n) is 6.79. The maximum Gasteiger partial charge on any atom is 0.316 e. The number of carbonyl (C=O) groups excluding carboxylic acids is 2. The van der Waals surface area contributed by atoms with Gasteiger partial charge in [-0.1, -0.05) is 87.8 Å². The van der Waals surface area contributed by atoms with E-state index in [0.29, 0.717) is 36.6 Å². The van der Waals surface area contributed by atoms with E-state index >= 15 is 0 Å². The van der Waals surface area contributed by atoms with Gasteiger partial charge in [-0.2, -0.15) is 0 Å². The summed E-state index contributed by atoms with van der Waals surface area (Å²) in [7, 11) is 4.28. The van der Waals surface area contributed by atoms with E-state index in [4.69, 9.17) is 9.47 Å². The zero-order valence-electron chi connectivity index (χ0n) is 17.5. The third kappa shape index (κ3) is 16.6. The largest absolute Gasteiger partial charge is 0.465 e. The van der Waals surface area contributed by atoms with Crippen LogP contribution in [0.5, 0.6) is 0 Å². The minimum absolute atomic E-state index is 0.174. The quantitative estimate of drug-likeness (QED) is 0.137. The molecule has 0 spiro atoms. The van der Waals surface area contributed by atoms with Crippen LogP contribution >= 0.6 is 31.4 Å². The van der Waals surface area contributed by atoms with Crippen molar-refractivity contribution in [3.63, 3.8) is 0 Å². The van der Waals surface area contributed by atoms with Gasteiger partial charge < -0.3 is 9.47 Å². The Morgan fingerprint density at radius 1 is 0.741 bits per heavy atom. The van der Waals surface area contributed by atoms with E-state index in [1.54, 1.807) is 0 Å². The first-order valence-electron chi connectivity index (χ1n) is 10.3. The molecule has 7 heteroatoms. The van der Waals surface area contributed by atoms with Crippen LogP contribution < -0.4 is 0 Å². The summed E-state index contributed by atoms with van der Waals surface area (Å²) < 4.78 is 10.7. The Hall–Kier alpha value is -0.0100. The predicted octanol–water partition coefficient (Wildman–Crippen LogP) is 6.54. The number of ether oxygens (including phenoxy) is 2. The number of carbonyl (C=O) groups is 2. The lowest BCUT2D eigenvalue weighted by Crippen LogP contribution is -2.15. The number of hydrogen-bond donors (Lipinski definition) is 0. The van der Waals surface area contributed by atoms with Gasteiger partial charge in [0.25, 0.3) is 0 Å². The molecule has 4 nitrogen and oxygen atoms in total. The molecule has 2 unspecified atom stereocenters. The molecular weight excluding hydrogens is 400 g/mol. The summed E-state index contributed by atoms with van der Waals surface area (Å²) in [5.41, 5.74) is 0. The Morgan fingerprint density at radius 2 is 1.15 bits per heavy atom. The maximum absolute atomic E-state index is 11.8. The predicted molar refractivity (Wildman–Crippen MR) is 121 cm³/mol. The average molecular weight is 439 g/mol. The number of hydrogen-bond acceptors (Lipinski definition) is 7. The molecule has 0 saturated carbocycles. The summed E-state index contributed by atoms with van der Waals surface area (Å²) in [5.74, 6) is 1.22. The lowest BCUT2D eigenvalue weighted by atomic mass is 10.0. The van der Waals surface area contributed by atoms with Gasteiger partial charge in [0.15, 0.2) is 0 Å². The highest BCUT2D eigenvalue weighted by Crippen LogP contribution is 2.34. The number of esters is 2. The van der Waals surface area contributed by atoms with Gasteiger partial charge in [-0.3, -0.25) is 9.59 Å². The Bertz CT molecular complexity index is 346. The minimum Gasteiger partial charge on any atom is -0.465 e. The standard InChI is InChI=1S/C20H38O4S3/c1-5-9-11-17(7-3)13-23-19(21)15-25-27-26-16-20(22)24-14-18(8-4)12-10-6-2/h17-18H,5-16H2,1-4H3. The molecule has 160 valence electrons. The molecule has 27 heavy (non-hydrogen) atoms. The van der Waals surface area contributed by atoms with Gasteiger partial charge in [0.1, 0.15) is 11.5 Å². The van der Waals surface area contributed by atoms with Crippen LogP contribution in [-0.2, 0) is 19.1 Å². The monoisotopic (exact) mass is 438 g/mol. The zero-order valence-corrected chi connectivity index (χ0v) is 19.9. The maximum atomic E-state index is 11.8. The molecule has 2 atom stereocenters. The number of rotatable bonds is 18. The molecule has 0 aliphatic rings. The molecule has 0 rings (SSSR count). The molecule has 0 heterocycles. The van der Waals surface area contributed by atoms with E-state index < -0.39 is 0 Å². The van der Waals surface area contributed by atoms with Gasteiger partial charge >= 0.3 is 11.9 Å². The van der Waals surface area contributed by atoms with Crippen LogP contribution in [0.1, 0.15) is 79.1 Å². The van der Waals surface area contributed by atoms with Crippen LogP contribution in [0.15, 0.2) is 0 Å². The van der Waals surface area contributed by atoms with Crippen LogP contribution in [0, 0.1) is 11.8 Å². The summed E-state index contributed by atoms with van der Waals surface area (Å²) in [6.45, 7) is 9.68. The Balaban J connectivity index is 3.68. The highest BCUT2D eigenvalue weighted by atomic mass is 33.5. The second-order valence-corrected chi connectivity index (χ2v) is 11.0. The Labute approximate surface area is 177 Å². The summed E-state index contributed by atoms with van der Waals surface area (Å²) in [4.78, 5) is 23.5. The topological polar surface area (TPSA) is 52.6 Å². The highest BCUT2D eigenvalue weighted by Gasteiger charge is 2.12. The molecule has 0 N–H and O–H groups in total. The molecule has 0 amide bonds. The highest BCUT2D eigenvalue weighted by molar-refractivity contribution is 9.09. The van der Waals surface area contributed by atoms with E-state index in [2.05, 4.69) is 27.7 Å². The minimum atomic E-state index is -0.174. The van der Waals surface area contributed by atoms with Gasteiger partial charge in [-0.05, 0) is 34.5 Å². The van der Waals surface area contributed by atoms with Crippen molar-refractivity contribution in [2.45, 2.75) is 79.1 Å². The van der Waals surface area contributed by atoms with E-state index in [0.717, 1.165) is 25.7 Å². The van der Waals surface area contributed by atoms with Crippen molar-refractivity contribution in [1.82, 2.24) is 0 Å². The van der Waals surface area contributed by atoms with Gasteiger partial charge in [0, 0.05) is 0 Å². The average Bonchev–Trinajstić information content (AvgIpc) is 2.68. The van der Waals surface area contributed by atoms with Gasteiger partial charge in [-0.15, -0.1) is 0 Å². The summed E-state index contributed by atoms with van der Waals surface area (Å²) >= 11 is 0. The fraction of sp³-hybridized carbons (Fsp3) is 0.900. The van der Waals surface area contributed by atoms with Crippen LogP contribution in [0.4, 0.5) is 0 Å². The SMILES string of the molecule is CCCCC(CC)COC(=O)CSSSCC(=O)OCC(CC)CCCC. The summed E-state index contributed by atoms with van der Waals surface area (Å²) in [6.07, 6.45) is 9.06. The normalized spacial score (nSPS) is 13.2. The van der Waals surface area contributed by atoms with Crippen LogP contribution in [0.2, 0.25) is 0 Å². The molecule has 0 aromatic carbocycles. The molecule has 0 fully saturated rings. The third-order valence-corrected chi connectivity index (χ3v) is 8.41. The second kappa shape index (κ2) is 19.3. The van der Waals surface area contributed by atoms with E-state index in [1.807, 2.05) is 0 Å². The summed E-state index contributed by atoms with van der Waals surface area (Å²) in [5, 5.41) is 0.